The summed E-state index contributed by atoms with van der Waals surface area (Å²) >= 11 is 9.87. The van der Waals surface area contributed by atoms with Crippen molar-refractivity contribution in [2.24, 2.45) is 0 Å². The highest BCUT2D eigenvalue weighted by atomic mass is 79.9. The summed E-state index contributed by atoms with van der Waals surface area (Å²) in [5.74, 6) is -0.312. The highest BCUT2D eigenvalue weighted by Gasteiger charge is 2.15. The smallest absolute Gasteiger partial charge is 0.328 e. The minimum Gasteiger partial charge on any atom is -0.462 e. The van der Waals surface area contributed by atoms with Crippen LogP contribution in [0.1, 0.15) is 13.8 Å². The number of ether oxygens (including phenoxy) is 1. The van der Waals surface area contributed by atoms with E-state index in [0.717, 1.165) is 4.47 Å². The van der Waals surface area contributed by atoms with Crippen LogP contribution in [0.3, 0.4) is 0 Å². The van der Waals surface area contributed by atoms with Crippen molar-refractivity contribution in [3.8, 4) is 0 Å². The molecule has 0 aliphatic rings. The van der Waals surface area contributed by atoms with Crippen molar-refractivity contribution in [3.05, 3.63) is 13.7 Å². The summed E-state index contributed by atoms with van der Waals surface area (Å²) in [6.45, 7) is 3.70. The molecule has 0 radical (unpaired) electrons. The van der Waals surface area contributed by atoms with Crippen LogP contribution in [0.25, 0.3) is 0 Å². The average Bonchev–Trinajstić information content (AvgIpc) is 2.32. The van der Waals surface area contributed by atoms with Crippen LogP contribution in [0.2, 0.25) is 0 Å². The maximum absolute atomic E-state index is 11.4. The topological polar surface area (TPSA) is 44.1 Å². The Labute approximate surface area is 113 Å². The lowest BCUT2D eigenvalue weighted by Crippen LogP contribution is -2.18. The molecule has 1 heterocycles. The summed E-state index contributed by atoms with van der Waals surface area (Å²) < 4.78 is 8.65. The lowest BCUT2D eigenvalue weighted by Gasteiger charge is -2.08. The Morgan fingerprint density at radius 1 is 1.47 bits per heavy atom. The largest absolute Gasteiger partial charge is 0.462 e. The van der Waals surface area contributed by atoms with Gasteiger partial charge >= 0.3 is 5.97 Å². The monoisotopic (exact) mass is 402 g/mol. The molecule has 0 amide bonds. The molecule has 84 valence electrons. The fourth-order valence-electron chi connectivity index (χ4n) is 0.919. The van der Waals surface area contributed by atoms with Crippen molar-refractivity contribution in [2.75, 3.05) is 0 Å². The van der Waals surface area contributed by atoms with Gasteiger partial charge < -0.3 is 4.74 Å². The van der Waals surface area contributed by atoms with Gasteiger partial charge in [-0.2, -0.15) is 5.10 Å². The Hall–Kier alpha value is 0.120. The van der Waals surface area contributed by atoms with Crippen molar-refractivity contribution in [2.45, 2.75) is 26.5 Å². The molecular formula is C8H9Br3N2O2. The molecule has 7 heteroatoms. The Bertz CT molecular complexity index is 376. The maximum Gasteiger partial charge on any atom is 0.328 e. The van der Waals surface area contributed by atoms with Crippen LogP contribution < -0.4 is 0 Å². The number of hydrogen-bond donors (Lipinski definition) is 0. The number of esters is 1. The number of carbonyl (C=O) groups is 1. The zero-order chi connectivity index (χ0) is 11.6. The zero-order valence-electron chi connectivity index (χ0n) is 8.13. The molecule has 1 aromatic heterocycles. The standard InChI is InChI=1S/C8H9Br3N2O2/c1-4(2)15-5(14)3-13-8(11)6(9)7(10)12-13/h4H,3H2,1-2H3. The number of nitrogens with zero attached hydrogens (tertiary/aromatic N) is 2. The van der Waals surface area contributed by atoms with Crippen LogP contribution in [-0.4, -0.2) is 21.9 Å². The minimum atomic E-state index is -0.312. The molecule has 15 heavy (non-hydrogen) atoms. The molecule has 1 rings (SSSR count). The van der Waals surface area contributed by atoms with Gasteiger partial charge in [0.05, 0.1) is 10.6 Å². The van der Waals surface area contributed by atoms with Gasteiger partial charge in [-0.3, -0.25) is 4.79 Å². The van der Waals surface area contributed by atoms with Gasteiger partial charge in [0.1, 0.15) is 15.8 Å². The molecule has 0 bridgehead atoms. The van der Waals surface area contributed by atoms with E-state index in [-0.39, 0.29) is 18.6 Å². The molecule has 0 spiro atoms. The molecule has 0 aromatic carbocycles. The lowest BCUT2D eigenvalue weighted by molar-refractivity contribution is -0.148. The van der Waals surface area contributed by atoms with Gasteiger partial charge in [-0.15, -0.1) is 0 Å². The molecule has 0 N–H and O–H groups in total. The summed E-state index contributed by atoms with van der Waals surface area (Å²) in [7, 11) is 0. The molecule has 0 saturated heterocycles. The van der Waals surface area contributed by atoms with Crippen molar-refractivity contribution < 1.29 is 9.53 Å². The van der Waals surface area contributed by atoms with E-state index in [4.69, 9.17) is 4.74 Å². The van der Waals surface area contributed by atoms with E-state index >= 15 is 0 Å². The van der Waals surface area contributed by atoms with Crippen LogP contribution in [-0.2, 0) is 16.1 Å². The van der Waals surface area contributed by atoms with E-state index < -0.39 is 0 Å². The summed E-state index contributed by atoms with van der Waals surface area (Å²) in [5, 5.41) is 4.10. The van der Waals surface area contributed by atoms with Crippen LogP contribution in [0.5, 0.6) is 0 Å². The Morgan fingerprint density at radius 3 is 2.47 bits per heavy atom. The second-order valence-electron chi connectivity index (χ2n) is 3.09. The first kappa shape index (κ1) is 13.2. The SMILES string of the molecule is CC(C)OC(=O)Cn1nc(Br)c(Br)c1Br. The van der Waals surface area contributed by atoms with E-state index in [1.165, 1.54) is 4.68 Å². The summed E-state index contributed by atoms with van der Waals surface area (Å²) in [6.07, 6.45) is -0.112. The first-order valence-electron chi connectivity index (χ1n) is 4.18. The van der Waals surface area contributed by atoms with Crippen LogP contribution >= 0.6 is 47.8 Å². The van der Waals surface area contributed by atoms with E-state index in [2.05, 4.69) is 52.9 Å². The summed E-state index contributed by atoms with van der Waals surface area (Å²) in [6, 6.07) is 0. The lowest BCUT2D eigenvalue weighted by atomic mass is 10.5. The van der Waals surface area contributed by atoms with E-state index in [0.29, 0.717) is 9.21 Å². The Kier molecular flexibility index (Phi) is 4.79. The van der Waals surface area contributed by atoms with Gasteiger partial charge in [-0.1, -0.05) is 0 Å². The first-order valence-corrected chi connectivity index (χ1v) is 6.56. The van der Waals surface area contributed by atoms with Gasteiger partial charge in [0.25, 0.3) is 0 Å². The fourth-order valence-corrected chi connectivity index (χ4v) is 2.24. The fraction of sp³-hybridized carbons (Fsp3) is 0.500. The van der Waals surface area contributed by atoms with Gasteiger partial charge in [0.2, 0.25) is 0 Å². The summed E-state index contributed by atoms with van der Waals surface area (Å²) in [5.41, 5.74) is 0. The molecule has 0 aliphatic carbocycles. The molecule has 4 nitrogen and oxygen atoms in total. The predicted octanol–water partition coefficient (Wildman–Crippen LogP) is 3.12. The van der Waals surface area contributed by atoms with Gasteiger partial charge in [0.15, 0.2) is 0 Å². The molecule has 0 fully saturated rings. The van der Waals surface area contributed by atoms with Crippen LogP contribution in [0.15, 0.2) is 13.7 Å². The van der Waals surface area contributed by atoms with Crippen molar-refractivity contribution in [1.82, 2.24) is 9.78 Å². The third-order valence-electron chi connectivity index (χ3n) is 1.44. The van der Waals surface area contributed by atoms with E-state index in [1.54, 1.807) is 0 Å². The Balaban J connectivity index is 2.73. The Morgan fingerprint density at radius 2 is 2.07 bits per heavy atom. The van der Waals surface area contributed by atoms with Crippen molar-refractivity contribution in [1.29, 1.82) is 0 Å². The van der Waals surface area contributed by atoms with Gasteiger partial charge in [-0.05, 0) is 61.6 Å². The number of halogens is 3. The van der Waals surface area contributed by atoms with Crippen LogP contribution in [0, 0.1) is 0 Å². The molecule has 0 saturated carbocycles. The number of rotatable bonds is 3. The first-order chi connectivity index (χ1) is 6.91. The maximum atomic E-state index is 11.4. The average molecular weight is 405 g/mol. The minimum absolute atomic E-state index is 0.0863. The number of hydrogen-bond acceptors (Lipinski definition) is 3. The van der Waals surface area contributed by atoms with Crippen LogP contribution in [0.4, 0.5) is 0 Å². The highest BCUT2D eigenvalue weighted by molar-refractivity contribution is 9.14. The molecule has 1 aromatic rings. The highest BCUT2D eigenvalue weighted by Crippen LogP contribution is 2.30. The van der Waals surface area contributed by atoms with E-state index in [1.807, 2.05) is 13.8 Å². The molecule has 0 atom stereocenters. The molecular weight excluding hydrogens is 396 g/mol. The second-order valence-corrected chi connectivity index (χ2v) is 5.39. The third kappa shape index (κ3) is 3.57. The second kappa shape index (κ2) is 5.45. The number of aromatic nitrogens is 2. The molecule has 0 unspecified atom stereocenters. The third-order valence-corrected chi connectivity index (χ3v) is 4.62. The predicted molar refractivity (Wildman–Crippen MR) is 66.6 cm³/mol. The van der Waals surface area contributed by atoms with E-state index in [9.17, 15) is 4.79 Å². The van der Waals surface area contributed by atoms with Gasteiger partial charge in [-0.25, -0.2) is 4.68 Å². The summed E-state index contributed by atoms with van der Waals surface area (Å²) in [4.78, 5) is 11.4. The molecule has 0 aliphatic heterocycles. The van der Waals surface area contributed by atoms with Gasteiger partial charge in [0, 0.05) is 0 Å². The van der Waals surface area contributed by atoms with Crippen molar-refractivity contribution >= 4 is 53.8 Å². The zero-order valence-corrected chi connectivity index (χ0v) is 12.9. The van der Waals surface area contributed by atoms with Crippen molar-refractivity contribution in [3.63, 3.8) is 0 Å². The normalized spacial score (nSPS) is 10.8. The number of carbonyl (C=O) groups excluding carboxylic acids is 1. The quantitative estimate of drug-likeness (QED) is 0.727.